The molecule has 0 aromatic carbocycles. The van der Waals surface area contributed by atoms with Gasteiger partial charge in [0.2, 0.25) is 0 Å². The van der Waals surface area contributed by atoms with E-state index in [1.807, 2.05) is 24.4 Å². The third kappa shape index (κ3) is 4.01. The van der Waals surface area contributed by atoms with E-state index in [9.17, 15) is 10.4 Å². The molecule has 0 saturated carbocycles. The van der Waals surface area contributed by atoms with Gasteiger partial charge in [-0.2, -0.15) is 10.4 Å². The van der Waals surface area contributed by atoms with Crippen LogP contribution < -0.4 is 9.64 Å². The molecule has 1 fully saturated rings. The number of hydrogen-bond donors (Lipinski definition) is 1. The second-order valence-electron chi connectivity index (χ2n) is 7.41. The number of aliphatic hydroxyl groups excluding tert-OH is 1. The molecular weight excluding hydrogens is 368 g/mol. The van der Waals surface area contributed by atoms with Crippen molar-refractivity contribution >= 4 is 11.3 Å². The lowest BCUT2D eigenvalue weighted by Crippen LogP contribution is -2.44. The number of pyridine rings is 2. The molecule has 1 unspecified atom stereocenters. The Morgan fingerprint density at radius 3 is 2.69 bits per heavy atom. The van der Waals surface area contributed by atoms with Crippen molar-refractivity contribution in [1.82, 2.24) is 19.5 Å². The number of nitrogens with zero attached hydrogens (tertiary/aromatic N) is 6. The summed E-state index contributed by atoms with van der Waals surface area (Å²) in [5, 5.41) is 23.3. The number of hydrogen-bond acceptors (Lipinski definition) is 7. The van der Waals surface area contributed by atoms with Gasteiger partial charge in [0.05, 0.1) is 29.6 Å². The van der Waals surface area contributed by atoms with E-state index in [0.29, 0.717) is 16.8 Å². The van der Waals surface area contributed by atoms with Crippen LogP contribution in [0.5, 0.6) is 5.75 Å². The molecule has 8 heteroatoms. The van der Waals surface area contributed by atoms with Crippen molar-refractivity contribution in [1.29, 1.82) is 5.26 Å². The zero-order valence-corrected chi connectivity index (χ0v) is 16.6. The molecule has 29 heavy (non-hydrogen) atoms. The van der Waals surface area contributed by atoms with E-state index < -0.39 is 6.10 Å². The van der Waals surface area contributed by atoms with Gasteiger partial charge in [0.15, 0.2) is 0 Å². The van der Waals surface area contributed by atoms with Crippen LogP contribution in [0.1, 0.15) is 12.5 Å². The fourth-order valence-electron chi connectivity index (χ4n) is 3.46. The second-order valence-corrected chi connectivity index (χ2v) is 7.41. The highest BCUT2D eigenvalue weighted by Crippen LogP contribution is 2.31. The minimum atomic E-state index is -0.578. The minimum absolute atomic E-state index is 0.178. The smallest absolute Gasteiger partial charge is 0.138 e. The summed E-state index contributed by atoms with van der Waals surface area (Å²) in [4.78, 5) is 9.26. The van der Waals surface area contributed by atoms with Gasteiger partial charge in [-0.1, -0.05) is 0 Å². The number of fused-ring (bicyclic) bond motifs is 1. The van der Waals surface area contributed by atoms with Crippen LogP contribution in [-0.4, -0.2) is 70.5 Å². The SMILES string of the molecule is CC(O)COc1cc(-c2ccc(N3CCN(C)CC3)nc2)c2c(C#N)cnn2c1. The van der Waals surface area contributed by atoms with Crippen molar-refractivity contribution in [3.8, 4) is 22.9 Å². The molecule has 3 aromatic rings. The summed E-state index contributed by atoms with van der Waals surface area (Å²) in [5.41, 5.74) is 2.91. The average Bonchev–Trinajstić information content (AvgIpc) is 3.15. The van der Waals surface area contributed by atoms with Crippen molar-refractivity contribution in [2.75, 3.05) is 44.7 Å². The van der Waals surface area contributed by atoms with Gasteiger partial charge in [-0.05, 0) is 32.2 Å². The first-order valence-electron chi connectivity index (χ1n) is 9.67. The zero-order valence-electron chi connectivity index (χ0n) is 16.6. The van der Waals surface area contributed by atoms with Gasteiger partial charge in [-0.15, -0.1) is 0 Å². The molecule has 1 N–H and O–H groups in total. The van der Waals surface area contributed by atoms with Gasteiger partial charge >= 0.3 is 0 Å². The van der Waals surface area contributed by atoms with E-state index in [4.69, 9.17) is 4.74 Å². The van der Waals surface area contributed by atoms with Crippen LogP contribution in [0.3, 0.4) is 0 Å². The third-order valence-corrected chi connectivity index (χ3v) is 5.08. The topological polar surface area (TPSA) is 89.9 Å². The van der Waals surface area contributed by atoms with Gasteiger partial charge in [0, 0.05) is 43.5 Å². The number of nitriles is 1. The van der Waals surface area contributed by atoms with Gasteiger partial charge in [0.25, 0.3) is 0 Å². The van der Waals surface area contributed by atoms with Gasteiger partial charge in [-0.25, -0.2) is 9.50 Å². The van der Waals surface area contributed by atoms with Crippen LogP contribution in [0.2, 0.25) is 0 Å². The summed E-state index contributed by atoms with van der Waals surface area (Å²) in [5.74, 6) is 1.53. The molecule has 0 bridgehead atoms. The molecule has 4 heterocycles. The molecule has 4 rings (SSSR count). The van der Waals surface area contributed by atoms with Crippen LogP contribution in [0, 0.1) is 11.3 Å². The Morgan fingerprint density at radius 2 is 2.03 bits per heavy atom. The van der Waals surface area contributed by atoms with Crippen molar-refractivity contribution in [3.05, 3.63) is 42.4 Å². The Labute approximate surface area is 169 Å². The Hall–Kier alpha value is -3.15. The van der Waals surface area contributed by atoms with Crippen molar-refractivity contribution in [3.63, 3.8) is 0 Å². The fraction of sp³-hybridized carbons (Fsp3) is 0.381. The molecule has 1 saturated heterocycles. The summed E-state index contributed by atoms with van der Waals surface area (Å²) in [7, 11) is 2.13. The Bertz CT molecular complexity index is 1030. The van der Waals surface area contributed by atoms with E-state index in [0.717, 1.165) is 43.1 Å². The van der Waals surface area contributed by atoms with E-state index in [-0.39, 0.29) is 6.61 Å². The van der Waals surface area contributed by atoms with E-state index in [2.05, 4.69) is 33.0 Å². The zero-order chi connectivity index (χ0) is 20.4. The molecule has 1 aliphatic rings. The summed E-state index contributed by atoms with van der Waals surface area (Å²) >= 11 is 0. The van der Waals surface area contributed by atoms with Crippen molar-refractivity contribution in [2.45, 2.75) is 13.0 Å². The van der Waals surface area contributed by atoms with Crippen LogP contribution in [0.15, 0.2) is 36.8 Å². The maximum atomic E-state index is 9.52. The highest BCUT2D eigenvalue weighted by molar-refractivity contribution is 5.85. The van der Waals surface area contributed by atoms with Crippen molar-refractivity contribution in [2.24, 2.45) is 0 Å². The van der Waals surface area contributed by atoms with Crippen LogP contribution in [-0.2, 0) is 0 Å². The van der Waals surface area contributed by atoms with Gasteiger partial charge in [-0.3, -0.25) is 0 Å². The molecule has 1 atom stereocenters. The maximum Gasteiger partial charge on any atom is 0.138 e. The predicted octanol–water partition coefficient (Wildman–Crippen LogP) is 1.78. The van der Waals surface area contributed by atoms with E-state index in [1.54, 1.807) is 23.8 Å². The lowest BCUT2D eigenvalue weighted by atomic mass is 10.1. The summed E-state index contributed by atoms with van der Waals surface area (Å²) in [6, 6.07) is 8.10. The Morgan fingerprint density at radius 1 is 1.24 bits per heavy atom. The third-order valence-electron chi connectivity index (χ3n) is 5.08. The highest BCUT2D eigenvalue weighted by Gasteiger charge is 2.17. The largest absolute Gasteiger partial charge is 0.489 e. The number of anilines is 1. The average molecular weight is 392 g/mol. The molecule has 0 amide bonds. The summed E-state index contributed by atoms with van der Waals surface area (Å²) in [6.45, 7) is 5.80. The second kappa shape index (κ2) is 8.07. The van der Waals surface area contributed by atoms with Crippen LogP contribution in [0.25, 0.3) is 16.6 Å². The first kappa shape index (κ1) is 19.2. The number of ether oxygens (including phenoxy) is 1. The maximum absolute atomic E-state index is 9.52. The number of aromatic nitrogens is 3. The molecule has 1 aliphatic heterocycles. The summed E-state index contributed by atoms with van der Waals surface area (Å²) in [6.07, 6.45) is 4.51. The minimum Gasteiger partial charge on any atom is -0.489 e. The predicted molar refractivity (Wildman–Crippen MR) is 110 cm³/mol. The number of aliphatic hydroxyl groups is 1. The first-order valence-corrected chi connectivity index (χ1v) is 9.67. The fourth-order valence-corrected chi connectivity index (χ4v) is 3.46. The number of piperazine rings is 1. The van der Waals surface area contributed by atoms with Crippen LogP contribution in [0.4, 0.5) is 5.82 Å². The number of rotatable bonds is 5. The molecule has 150 valence electrons. The van der Waals surface area contributed by atoms with E-state index >= 15 is 0 Å². The lowest BCUT2D eigenvalue weighted by Gasteiger charge is -2.33. The van der Waals surface area contributed by atoms with Gasteiger partial charge in [0.1, 0.15) is 24.2 Å². The molecular formula is C21H24N6O2. The molecule has 0 radical (unpaired) electrons. The van der Waals surface area contributed by atoms with Crippen LogP contribution >= 0.6 is 0 Å². The van der Waals surface area contributed by atoms with E-state index in [1.165, 1.54) is 0 Å². The lowest BCUT2D eigenvalue weighted by molar-refractivity contribution is 0.122. The Kier molecular flexibility index (Phi) is 5.34. The molecule has 8 nitrogen and oxygen atoms in total. The highest BCUT2D eigenvalue weighted by atomic mass is 16.5. The summed E-state index contributed by atoms with van der Waals surface area (Å²) < 4.78 is 7.32. The molecule has 3 aromatic heterocycles. The standard InChI is InChI=1S/C21H24N6O2/c1-15(28)14-29-18-9-19(21-17(10-22)12-24-27(21)13-18)16-3-4-20(23-11-16)26-7-5-25(2)6-8-26/h3-4,9,11-13,15,28H,5-8,14H2,1-2H3. The molecule has 0 aliphatic carbocycles. The first-order chi connectivity index (χ1) is 14.0. The monoisotopic (exact) mass is 392 g/mol. The quantitative estimate of drug-likeness (QED) is 0.708. The van der Waals surface area contributed by atoms with Crippen molar-refractivity contribution < 1.29 is 9.84 Å². The number of likely N-dealkylation sites (N-methyl/N-ethyl adjacent to an activating group) is 1. The molecule has 0 spiro atoms. The Balaban J connectivity index is 1.70. The normalized spacial score (nSPS) is 16.0. The van der Waals surface area contributed by atoms with Gasteiger partial charge < -0.3 is 19.6 Å².